The lowest BCUT2D eigenvalue weighted by atomic mass is 9.58. The molecular weight excluding hydrogens is 312 g/mol. The van der Waals surface area contributed by atoms with Crippen LogP contribution >= 0.6 is 0 Å². The summed E-state index contributed by atoms with van der Waals surface area (Å²) in [5.41, 5.74) is -0.595. The van der Waals surface area contributed by atoms with Gasteiger partial charge in [0.1, 0.15) is 0 Å². The molecule has 2 unspecified atom stereocenters. The molecule has 1 saturated carbocycles. The Hall–Kier alpha value is -0.690. The number of carbonyl (C=O) groups excluding carboxylic acids is 1. The summed E-state index contributed by atoms with van der Waals surface area (Å²) in [6.45, 7) is 8.05. The third-order valence-corrected chi connectivity index (χ3v) is 6.63. The van der Waals surface area contributed by atoms with Crippen molar-refractivity contribution in [1.82, 2.24) is 0 Å². The summed E-state index contributed by atoms with van der Waals surface area (Å²) in [5.74, 6) is 0.0527. The van der Waals surface area contributed by atoms with Gasteiger partial charge in [-0.1, -0.05) is 20.8 Å². The average molecular weight is 340 g/mol. The van der Waals surface area contributed by atoms with Crippen molar-refractivity contribution in [3.8, 4) is 0 Å². The summed E-state index contributed by atoms with van der Waals surface area (Å²) in [5, 5.41) is 0. The van der Waals surface area contributed by atoms with Gasteiger partial charge in [-0.3, -0.25) is 4.79 Å². The van der Waals surface area contributed by atoms with Crippen molar-refractivity contribution in [3.63, 3.8) is 0 Å². The van der Waals surface area contributed by atoms with Gasteiger partial charge in [-0.25, -0.2) is 9.78 Å². The van der Waals surface area contributed by atoms with E-state index in [4.69, 9.17) is 24.0 Å². The first-order valence-corrected chi connectivity index (χ1v) is 9.29. The molecule has 0 amide bonds. The van der Waals surface area contributed by atoms with Crippen LogP contribution < -0.4 is 0 Å². The van der Waals surface area contributed by atoms with Gasteiger partial charge in [0.15, 0.2) is 11.9 Å². The summed E-state index contributed by atoms with van der Waals surface area (Å²) in [6.07, 6.45) is 3.13. The molecule has 5 fully saturated rings. The highest BCUT2D eigenvalue weighted by molar-refractivity contribution is 5.69. The molecule has 1 aliphatic carbocycles. The van der Waals surface area contributed by atoms with Crippen molar-refractivity contribution in [2.75, 3.05) is 0 Å². The number of hydrogen-bond donors (Lipinski definition) is 0. The smallest absolute Gasteiger partial charge is 0.307 e. The number of fused-ring (bicyclic) bond motifs is 2. The Morgan fingerprint density at radius 1 is 1.17 bits per heavy atom. The molecule has 4 aliphatic heterocycles. The van der Waals surface area contributed by atoms with Crippen LogP contribution in [0.4, 0.5) is 0 Å². The standard InChI is InChI=1S/C18H28O6/c1-5-14(19)20-15-11(3)13-7-6-10(2)12-8-9-17(4)22-16(21-15)18(12,13)24-23-17/h10-13,15-16H,5-9H2,1-4H3/t10-,11-,12?,13?,15-,16-,17-,18-/m1/s1. The number of hydrogen-bond acceptors (Lipinski definition) is 6. The second-order valence-corrected chi connectivity index (χ2v) is 8.12. The van der Waals surface area contributed by atoms with Crippen molar-refractivity contribution in [2.45, 2.75) is 83.8 Å². The van der Waals surface area contributed by atoms with Crippen molar-refractivity contribution in [1.29, 1.82) is 0 Å². The minimum atomic E-state index is -0.794. The van der Waals surface area contributed by atoms with Gasteiger partial charge in [0.05, 0.1) is 0 Å². The maximum absolute atomic E-state index is 11.8. The molecule has 0 aromatic carbocycles. The Labute approximate surface area is 143 Å². The Kier molecular flexibility index (Phi) is 3.95. The van der Waals surface area contributed by atoms with Gasteiger partial charge in [0.2, 0.25) is 12.1 Å². The van der Waals surface area contributed by atoms with Crippen molar-refractivity contribution < 1.29 is 28.8 Å². The van der Waals surface area contributed by atoms with E-state index in [1.165, 1.54) is 0 Å². The van der Waals surface area contributed by atoms with E-state index in [0.717, 1.165) is 25.7 Å². The predicted molar refractivity (Wildman–Crippen MR) is 83.2 cm³/mol. The number of ether oxygens (including phenoxy) is 3. The fourth-order valence-electron chi connectivity index (χ4n) is 5.22. The van der Waals surface area contributed by atoms with Gasteiger partial charge >= 0.3 is 5.97 Å². The minimum absolute atomic E-state index is 0.0430. The highest BCUT2D eigenvalue weighted by Gasteiger charge is 2.69. The van der Waals surface area contributed by atoms with Crippen LogP contribution in [0, 0.1) is 23.7 Å². The van der Waals surface area contributed by atoms with Crippen molar-refractivity contribution in [2.24, 2.45) is 23.7 Å². The van der Waals surface area contributed by atoms with Crippen LogP contribution in [0.1, 0.15) is 59.8 Å². The summed E-state index contributed by atoms with van der Waals surface area (Å²) >= 11 is 0. The van der Waals surface area contributed by atoms with E-state index in [1.54, 1.807) is 6.92 Å². The molecule has 4 heterocycles. The molecule has 2 bridgehead atoms. The SMILES string of the molecule is CCC(=O)O[C@@H]1O[C@@H]2O[C@@]3(C)CCC4[C@H](C)CCC([C@H]1C)[C@]42OO3. The van der Waals surface area contributed by atoms with Crippen LogP contribution in [0.3, 0.4) is 0 Å². The molecule has 6 heteroatoms. The van der Waals surface area contributed by atoms with Gasteiger partial charge in [-0.05, 0) is 38.0 Å². The van der Waals surface area contributed by atoms with Crippen LogP contribution in [0.5, 0.6) is 0 Å². The average Bonchev–Trinajstić information content (AvgIpc) is 2.78. The summed E-state index contributed by atoms with van der Waals surface area (Å²) in [7, 11) is 0. The van der Waals surface area contributed by atoms with Crippen molar-refractivity contribution >= 4 is 5.97 Å². The fourth-order valence-corrected chi connectivity index (χ4v) is 5.22. The topological polar surface area (TPSA) is 63.2 Å². The normalized spacial score (nSPS) is 53.2. The Morgan fingerprint density at radius 3 is 2.71 bits per heavy atom. The summed E-state index contributed by atoms with van der Waals surface area (Å²) < 4.78 is 17.9. The lowest BCUT2D eigenvalue weighted by molar-refractivity contribution is -0.576. The molecule has 5 aliphatic rings. The molecule has 24 heavy (non-hydrogen) atoms. The molecular formula is C18H28O6. The lowest BCUT2D eigenvalue weighted by Gasteiger charge is -2.59. The first-order valence-electron chi connectivity index (χ1n) is 9.29. The second-order valence-electron chi connectivity index (χ2n) is 8.12. The zero-order valence-corrected chi connectivity index (χ0v) is 14.9. The first-order chi connectivity index (χ1) is 11.4. The van der Waals surface area contributed by atoms with Crippen LogP contribution in [0.25, 0.3) is 0 Å². The number of esters is 1. The number of carbonyl (C=O) groups is 1. The van der Waals surface area contributed by atoms with E-state index in [9.17, 15) is 4.79 Å². The Bertz CT molecular complexity index is 524. The molecule has 1 spiro atoms. The lowest BCUT2D eigenvalue weighted by Crippen LogP contribution is -2.70. The fraction of sp³-hybridized carbons (Fsp3) is 0.944. The van der Waals surface area contributed by atoms with Crippen LogP contribution in [0.2, 0.25) is 0 Å². The van der Waals surface area contributed by atoms with E-state index in [0.29, 0.717) is 18.3 Å². The maximum atomic E-state index is 11.8. The van der Waals surface area contributed by atoms with E-state index in [-0.39, 0.29) is 17.8 Å². The van der Waals surface area contributed by atoms with Crippen LogP contribution in [-0.4, -0.2) is 29.9 Å². The summed E-state index contributed by atoms with van der Waals surface area (Å²) in [4.78, 5) is 23.6. The van der Waals surface area contributed by atoms with Crippen LogP contribution in [-0.2, 0) is 28.8 Å². The molecule has 0 aromatic heterocycles. The molecule has 5 rings (SSSR count). The van der Waals surface area contributed by atoms with E-state index in [1.807, 2.05) is 6.92 Å². The van der Waals surface area contributed by atoms with Gasteiger partial charge in [0, 0.05) is 24.7 Å². The van der Waals surface area contributed by atoms with Gasteiger partial charge in [-0.2, -0.15) is 0 Å². The molecule has 4 saturated heterocycles. The van der Waals surface area contributed by atoms with Crippen LogP contribution in [0.15, 0.2) is 0 Å². The Balaban J connectivity index is 1.71. The third-order valence-electron chi connectivity index (χ3n) is 6.63. The van der Waals surface area contributed by atoms with E-state index in [2.05, 4.69) is 13.8 Å². The quantitative estimate of drug-likeness (QED) is 0.568. The van der Waals surface area contributed by atoms with E-state index < -0.39 is 24.0 Å². The summed E-state index contributed by atoms with van der Waals surface area (Å²) in [6, 6.07) is 0. The molecule has 0 aromatic rings. The monoisotopic (exact) mass is 340 g/mol. The van der Waals surface area contributed by atoms with Gasteiger partial charge < -0.3 is 14.2 Å². The van der Waals surface area contributed by atoms with Gasteiger partial charge in [0.25, 0.3) is 0 Å². The molecule has 8 atom stereocenters. The van der Waals surface area contributed by atoms with E-state index >= 15 is 0 Å². The first kappa shape index (κ1) is 16.8. The molecule has 0 N–H and O–H groups in total. The van der Waals surface area contributed by atoms with Gasteiger partial charge in [-0.15, -0.1) is 0 Å². The maximum Gasteiger partial charge on any atom is 0.307 e. The predicted octanol–water partition coefficient (Wildman–Crippen LogP) is 3.15. The third kappa shape index (κ3) is 2.26. The molecule has 6 nitrogen and oxygen atoms in total. The zero-order chi connectivity index (χ0) is 17.1. The zero-order valence-electron chi connectivity index (χ0n) is 14.9. The van der Waals surface area contributed by atoms with Crippen molar-refractivity contribution in [3.05, 3.63) is 0 Å². The minimum Gasteiger partial charge on any atom is -0.435 e. The second kappa shape index (κ2) is 5.66. The molecule has 136 valence electrons. The largest absolute Gasteiger partial charge is 0.435 e. The Morgan fingerprint density at radius 2 is 1.96 bits per heavy atom. The number of rotatable bonds is 2. The highest BCUT2D eigenvalue weighted by atomic mass is 17.3. The molecule has 0 radical (unpaired) electrons. The highest BCUT2D eigenvalue weighted by Crippen LogP contribution is 2.60.